The number of hydrogen-bond donors (Lipinski definition) is 1. The highest BCUT2D eigenvalue weighted by Crippen LogP contribution is 2.29. The topological polar surface area (TPSA) is 28.2 Å². The summed E-state index contributed by atoms with van der Waals surface area (Å²) >= 11 is 6.12. The number of aryl methyl sites for hydroxylation is 1. The molecule has 0 bridgehead atoms. The average molecular weight is 290 g/mol. The molecule has 1 aromatic carbocycles. The fourth-order valence-corrected chi connectivity index (χ4v) is 2.95. The molecule has 0 aliphatic carbocycles. The predicted molar refractivity (Wildman–Crippen MR) is 85.8 cm³/mol. The Hall–Kier alpha value is -1.32. The van der Waals surface area contributed by atoms with Gasteiger partial charge < -0.3 is 10.2 Å². The van der Waals surface area contributed by atoms with Gasteiger partial charge in [-0.15, -0.1) is 0 Å². The number of rotatable bonds is 3. The molecule has 0 spiro atoms. The van der Waals surface area contributed by atoms with Gasteiger partial charge in [-0.25, -0.2) is 0 Å². The van der Waals surface area contributed by atoms with Crippen molar-refractivity contribution in [3.05, 3.63) is 35.0 Å². The first kappa shape index (κ1) is 13.7. The lowest BCUT2D eigenvalue weighted by Crippen LogP contribution is -2.43. The largest absolute Gasteiger partial charge is 0.368 e. The van der Waals surface area contributed by atoms with Gasteiger partial charge in [0.2, 0.25) is 0 Å². The van der Waals surface area contributed by atoms with E-state index in [4.69, 9.17) is 16.6 Å². The van der Waals surface area contributed by atoms with Gasteiger partial charge in [0.1, 0.15) is 0 Å². The number of halogens is 1. The van der Waals surface area contributed by atoms with Gasteiger partial charge in [-0.2, -0.15) is 0 Å². The summed E-state index contributed by atoms with van der Waals surface area (Å²) in [6.07, 6.45) is 2.13. The summed E-state index contributed by atoms with van der Waals surface area (Å²) in [5.74, 6) is 0. The summed E-state index contributed by atoms with van der Waals surface area (Å²) in [5, 5.41) is 5.36. The molecule has 0 radical (unpaired) electrons. The van der Waals surface area contributed by atoms with E-state index in [2.05, 4.69) is 29.3 Å². The van der Waals surface area contributed by atoms with Crippen molar-refractivity contribution in [1.29, 1.82) is 0 Å². The van der Waals surface area contributed by atoms with Crippen LogP contribution in [0, 0.1) is 0 Å². The van der Waals surface area contributed by atoms with Crippen LogP contribution in [0.5, 0.6) is 0 Å². The van der Waals surface area contributed by atoms with Gasteiger partial charge in [0.05, 0.1) is 5.52 Å². The number of nitrogens with one attached hydrogen (secondary N) is 1. The minimum absolute atomic E-state index is 0.755. The summed E-state index contributed by atoms with van der Waals surface area (Å²) in [6.45, 7) is 6.37. The molecule has 1 aliphatic rings. The number of fused-ring (bicyclic) bond motifs is 1. The quantitative estimate of drug-likeness (QED) is 0.940. The lowest BCUT2D eigenvalue weighted by atomic mass is 10.1. The maximum atomic E-state index is 6.12. The van der Waals surface area contributed by atoms with Crippen LogP contribution in [0.2, 0.25) is 5.02 Å². The first-order chi connectivity index (χ1) is 9.78. The SMILES string of the molecule is CCCc1cc(N2CCNCC2)c2ccc(Cl)cc2n1. The highest BCUT2D eigenvalue weighted by atomic mass is 35.5. The van der Waals surface area contributed by atoms with Crippen LogP contribution in [0.25, 0.3) is 10.9 Å². The third kappa shape index (κ3) is 2.74. The Bertz CT molecular complexity index is 606. The molecule has 1 saturated heterocycles. The zero-order valence-electron chi connectivity index (χ0n) is 11.8. The van der Waals surface area contributed by atoms with Gasteiger partial charge in [-0.3, -0.25) is 4.98 Å². The first-order valence-electron chi connectivity index (χ1n) is 7.33. The molecule has 2 aromatic rings. The van der Waals surface area contributed by atoms with E-state index >= 15 is 0 Å². The Balaban J connectivity index is 2.11. The van der Waals surface area contributed by atoms with Gasteiger partial charge in [-0.05, 0) is 30.7 Å². The second-order valence-corrected chi connectivity index (χ2v) is 5.72. The molecule has 3 nitrogen and oxygen atoms in total. The van der Waals surface area contributed by atoms with Crippen molar-refractivity contribution < 1.29 is 0 Å². The fraction of sp³-hybridized carbons (Fsp3) is 0.438. The van der Waals surface area contributed by atoms with Crippen molar-refractivity contribution in [1.82, 2.24) is 10.3 Å². The van der Waals surface area contributed by atoms with E-state index in [-0.39, 0.29) is 0 Å². The molecule has 1 fully saturated rings. The van der Waals surface area contributed by atoms with Crippen molar-refractivity contribution >= 4 is 28.2 Å². The molecule has 0 atom stereocenters. The molecule has 3 rings (SSSR count). The third-order valence-electron chi connectivity index (χ3n) is 3.77. The Morgan fingerprint density at radius 2 is 2.05 bits per heavy atom. The molecule has 0 amide bonds. The highest BCUT2D eigenvalue weighted by Gasteiger charge is 2.15. The molecule has 1 N–H and O–H groups in total. The van der Waals surface area contributed by atoms with Crippen LogP contribution in [-0.2, 0) is 6.42 Å². The van der Waals surface area contributed by atoms with Gasteiger partial charge in [0.25, 0.3) is 0 Å². The summed E-state index contributed by atoms with van der Waals surface area (Å²) < 4.78 is 0. The maximum Gasteiger partial charge on any atom is 0.0740 e. The average Bonchev–Trinajstić information content (AvgIpc) is 2.47. The monoisotopic (exact) mass is 289 g/mol. The highest BCUT2D eigenvalue weighted by molar-refractivity contribution is 6.31. The van der Waals surface area contributed by atoms with Crippen molar-refractivity contribution in [2.45, 2.75) is 19.8 Å². The number of piperazine rings is 1. The Kier molecular flexibility index (Phi) is 4.08. The summed E-state index contributed by atoms with van der Waals surface area (Å²) in [5.41, 5.74) is 3.48. The number of benzene rings is 1. The van der Waals surface area contributed by atoms with Crippen LogP contribution in [0.1, 0.15) is 19.0 Å². The maximum absolute atomic E-state index is 6.12. The van der Waals surface area contributed by atoms with Gasteiger partial charge in [0, 0.05) is 48.0 Å². The lowest BCUT2D eigenvalue weighted by Gasteiger charge is -2.30. The number of hydrogen-bond acceptors (Lipinski definition) is 3. The van der Waals surface area contributed by atoms with Crippen LogP contribution in [0.15, 0.2) is 24.3 Å². The van der Waals surface area contributed by atoms with Gasteiger partial charge in [0.15, 0.2) is 0 Å². The number of nitrogens with zero attached hydrogens (tertiary/aromatic N) is 2. The normalized spacial score (nSPS) is 15.8. The number of aromatic nitrogens is 1. The molecule has 0 unspecified atom stereocenters. The van der Waals surface area contributed by atoms with Gasteiger partial charge in [-0.1, -0.05) is 24.9 Å². The van der Waals surface area contributed by atoms with E-state index < -0.39 is 0 Å². The summed E-state index contributed by atoms with van der Waals surface area (Å²) in [4.78, 5) is 7.21. The van der Waals surface area contributed by atoms with Crippen molar-refractivity contribution in [3.63, 3.8) is 0 Å². The fourth-order valence-electron chi connectivity index (χ4n) is 2.79. The zero-order valence-corrected chi connectivity index (χ0v) is 12.6. The molecule has 1 aliphatic heterocycles. The van der Waals surface area contributed by atoms with E-state index in [0.29, 0.717) is 0 Å². The van der Waals surface area contributed by atoms with Crippen molar-refractivity contribution in [3.8, 4) is 0 Å². The molecule has 0 saturated carbocycles. The number of anilines is 1. The van der Waals surface area contributed by atoms with Crippen LogP contribution in [0.3, 0.4) is 0 Å². The van der Waals surface area contributed by atoms with E-state index in [0.717, 1.165) is 55.3 Å². The second-order valence-electron chi connectivity index (χ2n) is 5.28. The Labute approximate surface area is 124 Å². The third-order valence-corrected chi connectivity index (χ3v) is 4.00. The number of pyridine rings is 1. The Morgan fingerprint density at radius 3 is 2.80 bits per heavy atom. The van der Waals surface area contributed by atoms with Crippen molar-refractivity contribution in [2.24, 2.45) is 0 Å². The van der Waals surface area contributed by atoms with Gasteiger partial charge >= 0.3 is 0 Å². The molecular formula is C16H20ClN3. The van der Waals surface area contributed by atoms with Crippen molar-refractivity contribution in [2.75, 3.05) is 31.1 Å². The van der Waals surface area contributed by atoms with E-state index in [1.807, 2.05) is 12.1 Å². The predicted octanol–water partition coefficient (Wildman–Crippen LogP) is 3.25. The summed E-state index contributed by atoms with van der Waals surface area (Å²) in [6, 6.07) is 8.28. The first-order valence-corrected chi connectivity index (χ1v) is 7.70. The van der Waals surface area contributed by atoms with E-state index in [1.165, 1.54) is 11.1 Å². The lowest BCUT2D eigenvalue weighted by molar-refractivity contribution is 0.590. The van der Waals surface area contributed by atoms with Crippen LogP contribution in [0.4, 0.5) is 5.69 Å². The molecule has 106 valence electrons. The smallest absolute Gasteiger partial charge is 0.0740 e. The van der Waals surface area contributed by atoms with E-state index in [9.17, 15) is 0 Å². The minimum atomic E-state index is 0.755. The molecule has 20 heavy (non-hydrogen) atoms. The zero-order chi connectivity index (χ0) is 13.9. The Morgan fingerprint density at radius 1 is 1.25 bits per heavy atom. The standard InChI is InChI=1S/C16H20ClN3/c1-2-3-13-11-16(20-8-6-18-7-9-20)14-5-4-12(17)10-15(14)19-13/h4-5,10-11,18H,2-3,6-9H2,1H3. The molecule has 4 heteroatoms. The van der Waals surface area contributed by atoms with Crippen LogP contribution < -0.4 is 10.2 Å². The van der Waals surface area contributed by atoms with Crippen LogP contribution in [-0.4, -0.2) is 31.2 Å². The molecular weight excluding hydrogens is 270 g/mol. The molecule has 2 heterocycles. The minimum Gasteiger partial charge on any atom is -0.368 e. The second kappa shape index (κ2) is 5.98. The van der Waals surface area contributed by atoms with Crippen LogP contribution >= 0.6 is 11.6 Å². The summed E-state index contributed by atoms with van der Waals surface area (Å²) in [7, 11) is 0. The van der Waals surface area contributed by atoms with E-state index in [1.54, 1.807) is 0 Å². The molecule has 1 aromatic heterocycles.